The molecule has 2 aromatic rings. The highest BCUT2D eigenvalue weighted by molar-refractivity contribution is 6.03. The predicted molar refractivity (Wildman–Crippen MR) is 92.9 cm³/mol. The van der Waals surface area contributed by atoms with Gasteiger partial charge >= 0.3 is 0 Å². The van der Waals surface area contributed by atoms with E-state index in [1.54, 1.807) is 12.3 Å². The third kappa shape index (κ3) is 5.03. The van der Waals surface area contributed by atoms with Crippen molar-refractivity contribution in [3.05, 3.63) is 47.3 Å². The van der Waals surface area contributed by atoms with E-state index in [0.717, 1.165) is 29.9 Å². The van der Waals surface area contributed by atoms with E-state index in [1.165, 1.54) is 0 Å². The zero-order chi connectivity index (χ0) is 16.8. The van der Waals surface area contributed by atoms with Gasteiger partial charge in [0.05, 0.1) is 0 Å². The topological polar surface area (TPSA) is 70.2 Å². The van der Waals surface area contributed by atoms with Gasteiger partial charge in [-0.15, -0.1) is 0 Å². The molecule has 1 heterocycles. The monoisotopic (exact) mass is 313 g/mol. The summed E-state index contributed by atoms with van der Waals surface area (Å²) >= 11 is 0. The molecule has 0 spiro atoms. The Labute approximate surface area is 137 Å². The first kappa shape index (κ1) is 16.9. The van der Waals surface area contributed by atoms with E-state index in [1.807, 2.05) is 46.1 Å². The predicted octanol–water partition coefficient (Wildman–Crippen LogP) is 2.32. The Kier molecular flexibility index (Phi) is 5.65. The molecule has 2 rings (SSSR count). The number of aryl methyl sites for hydroxylation is 2. The lowest BCUT2D eigenvalue weighted by atomic mass is 10.1. The number of hydrogen-bond donors (Lipinski definition) is 2. The van der Waals surface area contributed by atoms with E-state index in [-0.39, 0.29) is 5.91 Å². The normalized spacial score (nSPS) is 10.7. The fourth-order valence-corrected chi connectivity index (χ4v) is 2.10. The summed E-state index contributed by atoms with van der Waals surface area (Å²) in [6.07, 6.45) is 1.59. The van der Waals surface area contributed by atoms with Crippen molar-refractivity contribution in [1.82, 2.24) is 14.9 Å². The van der Waals surface area contributed by atoms with Gasteiger partial charge in [-0.05, 0) is 45.6 Å². The molecule has 0 saturated carbocycles. The number of carbonyl (C=O) groups excluding carboxylic acids is 1. The number of aromatic nitrogens is 2. The molecular formula is C17H23N5O. The molecule has 0 aliphatic heterocycles. The van der Waals surface area contributed by atoms with E-state index in [4.69, 9.17) is 0 Å². The van der Waals surface area contributed by atoms with E-state index in [2.05, 4.69) is 25.5 Å². The number of amides is 1. The average molecular weight is 313 g/mol. The fraction of sp³-hybridized carbons (Fsp3) is 0.353. The minimum atomic E-state index is -0.241. The van der Waals surface area contributed by atoms with Crippen LogP contribution >= 0.6 is 0 Å². The van der Waals surface area contributed by atoms with Gasteiger partial charge in [0.15, 0.2) is 0 Å². The van der Waals surface area contributed by atoms with E-state index >= 15 is 0 Å². The Morgan fingerprint density at radius 2 is 2.00 bits per heavy atom. The molecule has 0 saturated heterocycles. The quantitative estimate of drug-likeness (QED) is 0.856. The molecule has 0 aliphatic rings. The number of rotatable bonds is 6. The highest BCUT2D eigenvalue weighted by Gasteiger charge is 2.10. The third-order valence-corrected chi connectivity index (χ3v) is 3.36. The molecule has 1 aromatic heterocycles. The second-order valence-electron chi connectivity index (χ2n) is 5.77. The molecule has 23 heavy (non-hydrogen) atoms. The number of anilines is 2. The molecule has 2 N–H and O–H groups in total. The maximum Gasteiger partial charge on any atom is 0.274 e. The minimum absolute atomic E-state index is 0.241. The second kappa shape index (κ2) is 7.69. The molecule has 1 amide bonds. The molecule has 1 aromatic carbocycles. The van der Waals surface area contributed by atoms with Crippen LogP contribution in [-0.2, 0) is 0 Å². The molecule has 0 radical (unpaired) electrons. The average Bonchev–Trinajstić information content (AvgIpc) is 2.50. The van der Waals surface area contributed by atoms with Crippen molar-refractivity contribution in [1.29, 1.82) is 0 Å². The Morgan fingerprint density at radius 1 is 1.22 bits per heavy atom. The first-order valence-corrected chi connectivity index (χ1v) is 7.56. The largest absolute Gasteiger partial charge is 0.353 e. The van der Waals surface area contributed by atoms with Crippen molar-refractivity contribution >= 4 is 17.5 Å². The van der Waals surface area contributed by atoms with Gasteiger partial charge in [0.1, 0.15) is 5.69 Å². The van der Waals surface area contributed by atoms with Crippen LogP contribution in [-0.4, -0.2) is 48.0 Å². The Bertz CT molecular complexity index is 684. The summed E-state index contributed by atoms with van der Waals surface area (Å²) in [5, 5.41) is 6.00. The van der Waals surface area contributed by atoms with Crippen molar-refractivity contribution in [3.8, 4) is 0 Å². The molecule has 6 heteroatoms. The summed E-state index contributed by atoms with van der Waals surface area (Å²) in [5.74, 6) is 0.218. The zero-order valence-corrected chi connectivity index (χ0v) is 14.1. The van der Waals surface area contributed by atoms with Gasteiger partial charge in [-0.2, -0.15) is 0 Å². The number of nitrogens with one attached hydrogen (secondary N) is 2. The van der Waals surface area contributed by atoms with Crippen LogP contribution in [0.25, 0.3) is 0 Å². The van der Waals surface area contributed by atoms with Crippen LogP contribution in [0.3, 0.4) is 0 Å². The highest BCUT2D eigenvalue weighted by Crippen LogP contribution is 2.16. The van der Waals surface area contributed by atoms with Crippen LogP contribution in [0.2, 0.25) is 0 Å². The number of nitrogens with zero attached hydrogens (tertiary/aromatic N) is 3. The van der Waals surface area contributed by atoms with Crippen LogP contribution < -0.4 is 10.6 Å². The summed E-state index contributed by atoms with van der Waals surface area (Å²) in [6.45, 7) is 5.57. The lowest BCUT2D eigenvalue weighted by molar-refractivity contribution is 0.102. The summed E-state index contributed by atoms with van der Waals surface area (Å²) < 4.78 is 0. The van der Waals surface area contributed by atoms with Crippen LogP contribution in [0.1, 0.15) is 21.6 Å². The molecule has 0 unspecified atom stereocenters. The maximum absolute atomic E-state index is 12.3. The first-order valence-electron chi connectivity index (χ1n) is 7.56. The third-order valence-electron chi connectivity index (χ3n) is 3.36. The van der Waals surface area contributed by atoms with Crippen molar-refractivity contribution in [2.75, 3.05) is 37.8 Å². The van der Waals surface area contributed by atoms with Crippen LogP contribution in [0.5, 0.6) is 0 Å². The minimum Gasteiger partial charge on any atom is -0.353 e. The van der Waals surface area contributed by atoms with Gasteiger partial charge in [0, 0.05) is 25.0 Å². The van der Waals surface area contributed by atoms with E-state index in [9.17, 15) is 4.79 Å². The smallest absolute Gasteiger partial charge is 0.274 e. The summed E-state index contributed by atoms with van der Waals surface area (Å²) in [4.78, 5) is 22.8. The Morgan fingerprint density at radius 3 is 2.70 bits per heavy atom. The SMILES string of the molecule is Cc1ccc(NC(=O)c2ccnc(NCCN(C)C)n2)c(C)c1. The van der Waals surface area contributed by atoms with Crippen molar-refractivity contribution < 1.29 is 4.79 Å². The lowest BCUT2D eigenvalue weighted by Gasteiger charge is -2.11. The number of benzene rings is 1. The first-order chi connectivity index (χ1) is 11.0. The molecule has 0 fully saturated rings. The lowest BCUT2D eigenvalue weighted by Crippen LogP contribution is -2.22. The zero-order valence-electron chi connectivity index (χ0n) is 14.1. The van der Waals surface area contributed by atoms with Crippen LogP contribution in [0, 0.1) is 13.8 Å². The maximum atomic E-state index is 12.3. The van der Waals surface area contributed by atoms with Gasteiger partial charge in [-0.1, -0.05) is 17.7 Å². The fourth-order valence-electron chi connectivity index (χ4n) is 2.10. The molecule has 0 bridgehead atoms. The van der Waals surface area contributed by atoms with E-state index < -0.39 is 0 Å². The van der Waals surface area contributed by atoms with Crippen molar-refractivity contribution in [3.63, 3.8) is 0 Å². The van der Waals surface area contributed by atoms with Gasteiger partial charge in [0.2, 0.25) is 5.95 Å². The number of likely N-dealkylation sites (N-methyl/N-ethyl adjacent to an activating group) is 1. The van der Waals surface area contributed by atoms with Crippen molar-refractivity contribution in [2.45, 2.75) is 13.8 Å². The second-order valence-corrected chi connectivity index (χ2v) is 5.77. The van der Waals surface area contributed by atoms with Gasteiger partial charge in [-0.25, -0.2) is 9.97 Å². The molecule has 0 aliphatic carbocycles. The summed E-state index contributed by atoms with van der Waals surface area (Å²) in [5.41, 5.74) is 3.32. The molecule has 6 nitrogen and oxygen atoms in total. The standard InChI is InChI=1S/C17H23N5O/c1-12-5-6-14(13(2)11-12)20-16(23)15-7-8-18-17(21-15)19-9-10-22(3)4/h5-8,11H,9-10H2,1-4H3,(H,20,23)(H,18,19,21). The number of carbonyl (C=O) groups is 1. The van der Waals surface area contributed by atoms with Crippen molar-refractivity contribution in [2.24, 2.45) is 0 Å². The van der Waals surface area contributed by atoms with Crippen LogP contribution in [0.15, 0.2) is 30.5 Å². The van der Waals surface area contributed by atoms with Gasteiger partial charge < -0.3 is 15.5 Å². The molecule has 122 valence electrons. The van der Waals surface area contributed by atoms with E-state index in [0.29, 0.717) is 11.6 Å². The summed E-state index contributed by atoms with van der Waals surface area (Å²) in [6, 6.07) is 7.51. The number of hydrogen-bond acceptors (Lipinski definition) is 5. The molecule has 0 atom stereocenters. The van der Waals surface area contributed by atoms with Gasteiger partial charge in [-0.3, -0.25) is 4.79 Å². The Hall–Kier alpha value is -2.47. The Balaban J connectivity index is 2.04. The summed E-state index contributed by atoms with van der Waals surface area (Å²) in [7, 11) is 3.99. The van der Waals surface area contributed by atoms with Gasteiger partial charge in [0.25, 0.3) is 5.91 Å². The van der Waals surface area contributed by atoms with Crippen LogP contribution in [0.4, 0.5) is 11.6 Å². The molecular weight excluding hydrogens is 290 g/mol. The highest BCUT2D eigenvalue weighted by atomic mass is 16.1.